The molecule has 90 valence electrons. The summed E-state index contributed by atoms with van der Waals surface area (Å²) in [7, 11) is 0. The van der Waals surface area contributed by atoms with E-state index < -0.39 is 0 Å². The number of imidazole rings is 1. The van der Waals surface area contributed by atoms with Gasteiger partial charge in [-0.25, -0.2) is 4.98 Å². The molecule has 2 heterocycles. The van der Waals surface area contributed by atoms with Crippen LogP contribution in [0, 0.1) is 0 Å². The molecule has 0 spiro atoms. The average molecular weight is 231 g/mol. The Kier molecular flexibility index (Phi) is 3.07. The normalized spacial score (nSPS) is 20.8. The molecule has 0 amide bonds. The fraction of sp³-hybridized carbons (Fsp3) is 0.462. The molecule has 1 saturated heterocycles. The number of aryl methyl sites for hydroxylation is 1. The van der Waals surface area contributed by atoms with Gasteiger partial charge in [0.1, 0.15) is 0 Å². The quantitative estimate of drug-likeness (QED) is 0.841. The molecule has 0 radical (unpaired) electrons. The van der Waals surface area contributed by atoms with Crippen LogP contribution in [0.3, 0.4) is 0 Å². The summed E-state index contributed by atoms with van der Waals surface area (Å²) in [6.07, 6.45) is 4.23. The summed E-state index contributed by atoms with van der Waals surface area (Å²) in [6.45, 7) is 2.80. The van der Waals surface area contributed by atoms with E-state index >= 15 is 0 Å². The number of fused-ring (bicyclic) bond motifs is 1. The number of aromatic amines is 1. The molecule has 1 aromatic heterocycles. The molecule has 1 fully saturated rings. The Bertz CT molecular complexity index is 488. The smallest absolute Gasteiger partial charge is 0.0931 e. The average Bonchev–Trinajstić information content (AvgIpc) is 2.85. The van der Waals surface area contributed by atoms with Crippen molar-refractivity contribution in [2.75, 3.05) is 19.7 Å². The molecule has 1 atom stereocenters. The Balaban J connectivity index is 1.63. The Labute approximate surface area is 100 Å². The third kappa shape index (κ3) is 2.48. The van der Waals surface area contributed by atoms with Crippen molar-refractivity contribution < 1.29 is 4.74 Å². The summed E-state index contributed by atoms with van der Waals surface area (Å²) in [5.41, 5.74) is 3.49. The van der Waals surface area contributed by atoms with E-state index in [1.54, 1.807) is 6.33 Å². The first-order valence-electron chi connectivity index (χ1n) is 6.16. The van der Waals surface area contributed by atoms with Crippen LogP contribution >= 0.6 is 0 Å². The van der Waals surface area contributed by atoms with Crippen molar-refractivity contribution in [3.63, 3.8) is 0 Å². The zero-order valence-corrected chi connectivity index (χ0v) is 9.78. The number of morpholine rings is 1. The van der Waals surface area contributed by atoms with Gasteiger partial charge in [0.05, 0.1) is 30.1 Å². The summed E-state index contributed by atoms with van der Waals surface area (Å²) in [5.74, 6) is 0. The summed E-state index contributed by atoms with van der Waals surface area (Å²) in [5, 5.41) is 3.36. The van der Waals surface area contributed by atoms with Gasteiger partial charge in [-0.15, -0.1) is 0 Å². The molecule has 0 saturated carbocycles. The van der Waals surface area contributed by atoms with Crippen LogP contribution in [0.15, 0.2) is 24.5 Å². The molecule has 1 aliphatic rings. The number of aromatic nitrogens is 2. The Morgan fingerprint density at radius 2 is 2.41 bits per heavy atom. The summed E-state index contributed by atoms with van der Waals surface area (Å²) < 4.78 is 5.69. The van der Waals surface area contributed by atoms with Gasteiger partial charge in [-0.05, 0) is 30.5 Å². The molecule has 4 nitrogen and oxygen atoms in total. The minimum absolute atomic E-state index is 0.362. The van der Waals surface area contributed by atoms with E-state index in [0.29, 0.717) is 6.10 Å². The Morgan fingerprint density at radius 3 is 3.29 bits per heavy atom. The van der Waals surface area contributed by atoms with Crippen LogP contribution < -0.4 is 5.32 Å². The van der Waals surface area contributed by atoms with Crippen molar-refractivity contribution in [3.05, 3.63) is 30.1 Å². The molecule has 1 aliphatic heterocycles. The van der Waals surface area contributed by atoms with Crippen LogP contribution in [0.2, 0.25) is 0 Å². The van der Waals surface area contributed by atoms with E-state index in [9.17, 15) is 0 Å². The van der Waals surface area contributed by atoms with Crippen LogP contribution in [-0.2, 0) is 11.2 Å². The fourth-order valence-corrected chi connectivity index (χ4v) is 2.27. The van der Waals surface area contributed by atoms with Gasteiger partial charge in [0.2, 0.25) is 0 Å². The molecular weight excluding hydrogens is 214 g/mol. The predicted octanol–water partition coefficient (Wildman–Crippen LogP) is 1.48. The highest BCUT2D eigenvalue weighted by Gasteiger charge is 2.12. The second-order valence-corrected chi connectivity index (χ2v) is 4.49. The lowest BCUT2D eigenvalue weighted by Crippen LogP contribution is -2.38. The van der Waals surface area contributed by atoms with Crippen LogP contribution in [-0.4, -0.2) is 35.8 Å². The number of nitrogens with zero attached hydrogens (tertiary/aromatic N) is 1. The molecule has 0 aliphatic carbocycles. The van der Waals surface area contributed by atoms with Crippen molar-refractivity contribution in [2.45, 2.75) is 18.9 Å². The summed E-state index contributed by atoms with van der Waals surface area (Å²) in [6, 6.07) is 6.40. The maximum atomic E-state index is 5.69. The van der Waals surface area contributed by atoms with Crippen molar-refractivity contribution >= 4 is 11.0 Å². The van der Waals surface area contributed by atoms with E-state index in [4.69, 9.17) is 4.74 Å². The number of hydrogen-bond acceptors (Lipinski definition) is 3. The maximum absolute atomic E-state index is 5.69. The van der Waals surface area contributed by atoms with Gasteiger partial charge in [0, 0.05) is 13.1 Å². The third-order valence-electron chi connectivity index (χ3n) is 3.24. The largest absolute Gasteiger partial charge is 0.376 e. The summed E-state index contributed by atoms with van der Waals surface area (Å²) >= 11 is 0. The van der Waals surface area contributed by atoms with E-state index in [1.807, 2.05) is 0 Å². The van der Waals surface area contributed by atoms with E-state index in [1.165, 1.54) is 5.56 Å². The van der Waals surface area contributed by atoms with Gasteiger partial charge in [0.25, 0.3) is 0 Å². The molecule has 2 aromatic rings. The molecule has 0 bridgehead atoms. The van der Waals surface area contributed by atoms with Gasteiger partial charge in [-0.2, -0.15) is 0 Å². The minimum Gasteiger partial charge on any atom is -0.376 e. The van der Waals surface area contributed by atoms with Gasteiger partial charge >= 0.3 is 0 Å². The molecule has 2 N–H and O–H groups in total. The highest BCUT2D eigenvalue weighted by atomic mass is 16.5. The van der Waals surface area contributed by atoms with E-state index in [0.717, 1.165) is 43.6 Å². The fourth-order valence-electron chi connectivity index (χ4n) is 2.27. The minimum atomic E-state index is 0.362. The summed E-state index contributed by atoms with van der Waals surface area (Å²) in [4.78, 5) is 7.36. The van der Waals surface area contributed by atoms with Crippen molar-refractivity contribution in [1.29, 1.82) is 0 Å². The highest BCUT2D eigenvalue weighted by Crippen LogP contribution is 2.14. The van der Waals surface area contributed by atoms with Crippen molar-refractivity contribution in [2.24, 2.45) is 0 Å². The molecule has 3 rings (SSSR count). The lowest BCUT2D eigenvalue weighted by Gasteiger charge is -2.23. The predicted molar refractivity (Wildman–Crippen MR) is 67.0 cm³/mol. The maximum Gasteiger partial charge on any atom is 0.0931 e. The molecule has 4 heteroatoms. The van der Waals surface area contributed by atoms with Crippen LogP contribution in [0.5, 0.6) is 0 Å². The van der Waals surface area contributed by atoms with Crippen LogP contribution in [0.4, 0.5) is 0 Å². The number of hydrogen-bond donors (Lipinski definition) is 2. The Hall–Kier alpha value is -1.39. The second kappa shape index (κ2) is 4.85. The lowest BCUT2D eigenvalue weighted by molar-refractivity contribution is 0.0238. The number of nitrogens with one attached hydrogen (secondary N) is 2. The number of benzene rings is 1. The van der Waals surface area contributed by atoms with E-state index in [2.05, 4.69) is 33.5 Å². The molecular formula is C13H17N3O. The Morgan fingerprint density at radius 1 is 1.41 bits per heavy atom. The molecule has 1 aromatic carbocycles. The number of rotatable bonds is 3. The van der Waals surface area contributed by atoms with E-state index in [-0.39, 0.29) is 0 Å². The standard InChI is InChI=1S/C13H17N3O/c1(3-11-8-14-5-6-17-11)10-2-4-12-13(7-10)16-9-15-12/h2,4,7,9,11,14H,1,3,5-6,8H2,(H,15,16). The molecule has 17 heavy (non-hydrogen) atoms. The van der Waals surface area contributed by atoms with Crippen molar-refractivity contribution in [1.82, 2.24) is 15.3 Å². The monoisotopic (exact) mass is 231 g/mol. The number of ether oxygens (including phenoxy) is 1. The lowest BCUT2D eigenvalue weighted by atomic mass is 10.1. The number of H-pyrrole nitrogens is 1. The van der Waals surface area contributed by atoms with Gasteiger partial charge in [-0.3, -0.25) is 0 Å². The second-order valence-electron chi connectivity index (χ2n) is 4.49. The first-order valence-corrected chi connectivity index (χ1v) is 6.16. The first kappa shape index (κ1) is 10.7. The van der Waals surface area contributed by atoms with Gasteiger partial charge in [0.15, 0.2) is 0 Å². The SMILES string of the molecule is c1nc2ccc(CCC3CNCCO3)cc2[nH]1. The zero-order valence-electron chi connectivity index (χ0n) is 9.78. The first-order chi connectivity index (χ1) is 8.42. The zero-order chi connectivity index (χ0) is 11.5. The van der Waals surface area contributed by atoms with Crippen LogP contribution in [0.1, 0.15) is 12.0 Å². The third-order valence-corrected chi connectivity index (χ3v) is 3.24. The van der Waals surface area contributed by atoms with Gasteiger partial charge in [-0.1, -0.05) is 6.07 Å². The van der Waals surface area contributed by atoms with Crippen LogP contribution in [0.25, 0.3) is 11.0 Å². The van der Waals surface area contributed by atoms with Crippen molar-refractivity contribution in [3.8, 4) is 0 Å². The highest BCUT2D eigenvalue weighted by molar-refractivity contribution is 5.74. The van der Waals surface area contributed by atoms with Gasteiger partial charge < -0.3 is 15.0 Å². The molecule has 1 unspecified atom stereocenters. The topological polar surface area (TPSA) is 49.9 Å².